The molecular formula is C24H36N4O2. The van der Waals surface area contributed by atoms with Crippen LogP contribution in [0.15, 0.2) is 30.5 Å². The molecule has 0 radical (unpaired) electrons. The summed E-state index contributed by atoms with van der Waals surface area (Å²) in [6.45, 7) is 12.7. The smallest absolute Gasteiger partial charge is 0.240 e. The number of hydrogen-bond donors (Lipinski definition) is 1. The van der Waals surface area contributed by atoms with Crippen molar-refractivity contribution in [2.75, 3.05) is 45.9 Å². The zero-order valence-corrected chi connectivity index (χ0v) is 18.5. The van der Waals surface area contributed by atoms with E-state index in [4.69, 9.17) is 4.74 Å². The number of morpholine rings is 1. The first-order valence-electron chi connectivity index (χ1n) is 11.5. The molecule has 0 aliphatic carbocycles. The number of rotatable bonds is 7. The average Bonchev–Trinajstić information content (AvgIpc) is 3.06. The van der Waals surface area contributed by atoms with Crippen LogP contribution >= 0.6 is 0 Å². The predicted molar refractivity (Wildman–Crippen MR) is 120 cm³/mol. The van der Waals surface area contributed by atoms with Crippen molar-refractivity contribution in [3.8, 4) is 0 Å². The fourth-order valence-corrected chi connectivity index (χ4v) is 4.94. The maximum absolute atomic E-state index is 12.3. The van der Waals surface area contributed by atoms with Gasteiger partial charge in [-0.2, -0.15) is 0 Å². The van der Waals surface area contributed by atoms with Crippen molar-refractivity contribution in [2.45, 2.75) is 45.8 Å². The summed E-state index contributed by atoms with van der Waals surface area (Å²) in [7, 11) is 0. The summed E-state index contributed by atoms with van der Waals surface area (Å²) in [5, 5.41) is 4.28. The summed E-state index contributed by atoms with van der Waals surface area (Å²) in [4.78, 5) is 17.5. The van der Waals surface area contributed by atoms with E-state index in [1.165, 1.54) is 30.3 Å². The topological polar surface area (TPSA) is 49.7 Å². The Morgan fingerprint density at radius 2 is 1.97 bits per heavy atom. The number of nitrogens with one attached hydrogen (secondary N) is 1. The van der Waals surface area contributed by atoms with Crippen molar-refractivity contribution in [1.29, 1.82) is 0 Å². The zero-order chi connectivity index (χ0) is 20.9. The van der Waals surface area contributed by atoms with Crippen LogP contribution in [-0.4, -0.2) is 72.3 Å². The van der Waals surface area contributed by atoms with Gasteiger partial charge in [0.15, 0.2) is 0 Å². The van der Waals surface area contributed by atoms with Crippen LogP contribution in [-0.2, 0) is 22.6 Å². The number of ether oxygens (including phenoxy) is 1. The largest absolute Gasteiger partial charge is 0.379 e. The second kappa shape index (κ2) is 9.94. The van der Waals surface area contributed by atoms with E-state index in [1.54, 1.807) is 0 Å². The molecule has 0 bridgehead atoms. The molecule has 1 N–H and O–H groups in total. The maximum atomic E-state index is 12.3. The number of hydrogen-bond acceptors (Lipinski definition) is 4. The van der Waals surface area contributed by atoms with Gasteiger partial charge in [-0.3, -0.25) is 14.6 Å². The Balaban J connectivity index is 1.43. The summed E-state index contributed by atoms with van der Waals surface area (Å²) in [5.41, 5.74) is 2.48. The minimum atomic E-state index is 0.0702. The molecule has 1 unspecified atom stereocenters. The molecule has 2 aromatic rings. The lowest BCUT2D eigenvalue weighted by atomic mass is 9.96. The van der Waals surface area contributed by atoms with Crippen molar-refractivity contribution >= 4 is 16.8 Å². The number of aromatic nitrogens is 1. The van der Waals surface area contributed by atoms with Gasteiger partial charge < -0.3 is 14.6 Å². The van der Waals surface area contributed by atoms with Gasteiger partial charge >= 0.3 is 0 Å². The summed E-state index contributed by atoms with van der Waals surface area (Å²) in [5.74, 6) is 0.808. The molecular weight excluding hydrogens is 376 g/mol. The van der Waals surface area contributed by atoms with Gasteiger partial charge in [0.1, 0.15) is 6.54 Å². The lowest BCUT2D eigenvalue weighted by Gasteiger charge is -2.36. The molecule has 6 nitrogen and oxygen atoms in total. The highest BCUT2D eigenvalue weighted by Crippen LogP contribution is 2.25. The van der Waals surface area contributed by atoms with E-state index < -0.39 is 0 Å². The maximum Gasteiger partial charge on any atom is 0.240 e. The number of carbonyl (C=O) groups is 1. The quantitative estimate of drug-likeness (QED) is 0.760. The molecule has 2 aliphatic heterocycles. The highest BCUT2D eigenvalue weighted by molar-refractivity contribution is 5.86. The van der Waals surface area contributed by atoms with Gasteiger partial charge in [-0.1, -0.05) is 18.2 Å². The van der Waals surface area contributed by atoms with E-state index in [0.29, 0.717) is 6.54 Å². The van der Waals surface area contributed by atoms with E-state index in [1.807, 2.05) is 13.8 Å². The van der Waals surface area contributed by atoms with Crippen molar-refractivity contribution in [1.82, 2.24) is 19.7 Å². The Bertz CT molecular complexity index is 841. The van der Waals surface area contributed by atoms with Crippen LogP contribution in [0.1, 0.15) is 32.3 Å². The van der Waals surface area contributed by atoms with Gasteiger partial charge in [-0.25, -0.2) is 0 Å². The van der Waals surface area contributed by atoms with Gasteiger partial charge in [0, 0.05) is 55.9 Å². The van der Waals surface area contributed by atoms with E-state index in [9.17, 15) is 4.79 Å². The van der Waals surface area contributed by atoms with Crippen molar-refractivity contribution in [3.63, 3.8) is 0 Å². The first-order chi connectivity index (χ1) is 14.6. The van der Waals surface area contributed by atoms with Gasteiger partial charge in [0.2, 0.25) is 5.91 Å². The first kappa shape index (κ1) is 21.3. The molecule has 164 valence electrons. The minimum absolute atomic E-state index is 0.0702. The summed E-state index contributed by atoms with van der Waals surface area (Å²) >= 11 is 0. The third-order valence-electron chi connectivity index (χ3n) is 6.25. The second-order valence-electron chi connectivity index (χ2n) is 9.18. The van der Waals surface area contributed by atoms with Crippen LogP contribution in [0, 0.1) is 5.92 Å². The van der Waals surface area contributed by atoms with E-state index in [-0.39, 0.29) is 11.9 Å². The van der Waals surface area contributed by atoms with Crippen LogP contribution in [0.3, 0.4) is 0 Å². The Labute approximate surface area is 180 Å². The third kappa shape index (κ3) is 5.42. The van der Waals surface area contributed by atoms with Crippen LogP contribution in [0.25, 0.3) is 10.9 Å². The molecule has 6 heteroatoms. The SMILES string of the molecule is CC(C)NC(=O)Cn1cc(CN2CCCC(CN3CCOCC3)C2)c2ccccc21. The molecule has 0 spiro atoms. The Morgan fingerprint density at radius 3 is 2.77 bits per heavy atom. The number of piperidine rings is 1. The minimum Gasteiger partial charge on any atom is -0.379 e. The van der Waals surface area contributed by atoms with E-state index >= 15 is 0 Å². The van der Waals surface area contributed by atoms with Gasteiger partial charge in [-0.05, 0) is 50.8 Å². The second-order valence-corrected chi connectivity index (χ2v) is 9.18. The lowest BCUT2D eigenvalue weighted by Crippen LogP contribution is -2.44. The zero-order valence-electron chi connectivity index (χ0n) is 18.5. The highest BCUT2D eigenvalue weighted by Gasteiger charge is 2.24. The molecule has 4 rings (SSSR count). The number of fused-ring (bicyclic) bond motifs is 1. The molecule has 2 saturated heterocycles. The van der Waals surface area contributed by atoms with E-state index in [0.717, 1.165) is 57.4 Å². The van der Waals surface area contributed by atoms with Gasteiger partial charge in [0.25, 0.3) is 0 Å². The Hall–Kier alpha value is -1.89. The fraction of sp³-hybridized carbons (Fsp3) is 0.625. The highest BCUT2D eigenvalue weighted by atomic mass is 16.5. The molecule has 1 aromatic carbocycles. The third-order valence-corrected chi connectivity index (χ3v) is 6.25. The van der Waals surface area contributed by atoms with Gasteiger partial charge in [0.05, 0.1) is 13.2 Å². The summed E-state index contributed by atoms with van der Waals surface area (Å²) in [6.07, 6.45) is 4.78. The number of carbonyl (C=O) groups excluding carboxylic acids is 1. The summed E-state index contributed by atoms with van der Waals surface area (Å²) < 4.78 is 7.61. The first-order valence-corrected chi connectivity index (χ1v) is 11.5. The monoisotopic (exact) mass is 412 g/mol. The molecule has 30 heavy (non-hydrogen) atoms. The van der Waals surface area contributed by atoms with Crippen molar-refractivity contribution in [2.24, 2.45) is 5.92 Å². The molecule has 2 fully saturated rings. The molecule has 3 heterocycles. The normalized spacial score (nSPS) is 21.4. The fourth-order valence-electron chi connectivity index (χ4n) is 4.94. The molecule has 1 amide bonds. The Kier molecular flexibility index (Phi) is 7.08. The lowest BCUT2D eigenvalue weighted by molar-refractivity contribution is -0.122. The number of nitrogens with zero attached hydrogens (tertiary/aromatic N) is 3. The number of amides is 1. The van der Waals surface area contributed by atoms with Crippen molar-refractivity contribution < 1.29 is 9.53 Å². The molecule has 0 saturated carbocycles. The van der Waals surface area contributed by atoms with Crippen LogP contribution in [0.2, 0.25) is 0 Å². The average molecular weight is 413 g/mol. The number of benzene rings is 1. The standard InChI is InChI=1S/C24H36N4O2/c1-19(2)25-24(29)18-28-17-21(22-7-3-4-8-23(22)28)16-27-9-5-6-20(15-27)14-26-10-12-30-13-11-26/h3-4,7-8,17,19-20H,5-6,9-16,18H2,1-2H3,(H,25,29). The van der Waals surface area contributed by atoms with Crippen molar-refractivity contribution in [3.05, 3.63) is 36.0 Å². The van der Waals surface area contributed by atoms with Crippen LogP contribution < -0.4 is 5.32 Å². The Morgan fingerprint density at radius 1 is 1.17 bits per heavy atom. The van der Waals surface area contributed by atoms with Crippen LogP contribution in [0.5, 0.6) is 0 Å². The van der Waals surface area contributed by atoms with Gasteiger partial charge in [-0.15, -0.1) is 0 Å². The summed E-state index contributed by atoms with van der Waals surface area (Å²) in [6, 6.07) is 8.63. The molecule has 1 atom stereocenters. The number of para-hydroxylation sites is 1. The molecule has 2 aliphatic rings. The van der Waals surface area contributed by atoms with E-state index in [2.05, 4.69) is 50.1 Å². The predicted octanol–water partition coefficient (Wildman–Crippen LogP) is 2.71. The number of likely N-dealkylation sites (tertiary alicyclic amines) is 1. The van der Waals surface area contributed by atoms with Crippen LogP contribution in [0.4, 0.5) is 0 Å². The molecule has 1 aromatic heterocycles.